The number of thioether (sulfide) groups is 1. The Bertz CT molecular complexity index is 440. The number of fused-ring (bicyclic) bond motifs is 1. The molecule has 17 heavy (non-hydrogen) atoms. The molecule has 4 heteroatoms. The van der Waals surface area contributed by atoms with Gasteiger partial charge in [-0.25, -0.2) is 4.98 Å². The first kappa shape index (κ1) is 12.7. The molecule has 0 bridgehead atoms. The van der Waals surface area contributed by atoms with E-state index < -0.39 is 0 Å². The van der Waals surface area contributed by atoms with Crippen LogP contribution in [-0.2, 0) is 12.8 Å². The standard InChI is InChI=1S/C13H20N2OS/c1-9(2)7-8-17-13-14-11-6-4-3-5-10(11)12(16)15-13/h9H,3-8H2,1-2H3,(H,14,15,16). The normalized spacial score (nSPS) is 15.0. The van der Waals surface area contributed by atoms with Crippen molar-refractivity contribution in [2.45, 2.75) is 51.1 Å². The number of nitrogens with one attached hydrogen (secondary N) is 1. The van der Waals surface area contributed by atoms with Crippen LogP contribution in [0.25, 0.3) is 0 Å². The van der Waals surface area contributed by atoms with Gasteiger partial charge in [-0.2, -0.15) is 0 Å². The summed E-state index contributed by atoms with van der Waals surface area (Å²) < 4.78 is 0. The number of aromatic amines is 1. The van der Waals surface area contributed by atoms with Gasteiger partial charge in [0.25, 0.3) is 5.56 Å². The van der Waals surface area contributed by atoms with Gasteiger partial charge in [-0.15, -0.1) is 0 Å². The highest BCUT2D eigenvalue weighted by molar-refractivity contribution is 7.99. The van der Waals surface area contributed by atoms with Crippen molar-refractivity contribution in [1.82, 2.24) is 9.97 Å². The fourth-order valence-electron chi connectivity index (χ4n) is 2.04. The maximum absolute atomic E-state index is 11.9. The van der Waals surface area contributed by atoms with E-state index in [1.807, 2.05) is 0 Å². The second-order valence-electron chi connectivity index (χ2n) is 5.03. The largest absolute Gasteiger partial charge is 0.301 e. The highest BCUT2D eigenvalue weighted by Gasteiger charge is 2.15. The van der Waals surface area contributed by atoms with Crippen LogP contribution in [0, 0.1) is 5.92 Å². The number of aromatic nitrogens is 2. The Kier molecular flexibility index (Phi) is 4.26. The minimum Gasteiger partial charge on any atom is -0.301 e. The average Bonchev–Trinajstić information content (AvgIpc) is 2.28. The Balaban J connectivity index is 2.09. The summed E-state index contributed by atoms with van der Waals surface area (Å²) in [5.41, 5.74) is 2.04. The molecule has 1 aliphatic carbocycles. The predicted octanol–water partition coefficient (Wildman–Crippen LogP) is 2.79. The zero-order chi connectivity index (χ0) is 12.3. The predicted molar refractivity (Wildman–Crippen MR) is 71.7 cm³/mol. The molecule has 0 radical (unpaired) electrons. The Hall–Kier alpha value is -0.770. The Morgan fingerprint density at radius 2 is 2.12 bits per heavy atom. The summed E-state index contributed by atoms with van der Waals surface area (Å²) in [6.45, 7) is 4.42. The second kappa shape index (κ2) is 5.71. The molecule has 0 amide bonds. The smallest absolute Gasteiger partial charge is 0.254 e. The first-order chi connectivity index (χ1) is 8.16. The van der Waals surface area contributed by atoms with E-state index in [1.165, 1.54) is 6.42 Å². The van der Waals surface area contributed by atoms with Gasteiger partial charge in [-0.05, 0) is 38.0 Å². The quantitative estimate of drug-likeness (QED) is 0.662. The molecule has 0 atom stereocenters. The van der Waals surface area contributed by atoms with Crippen molar-refractivity contribution >= 4 is 11.8 Å². The summed E-state index contributed by atoms with van der Waals surface area (Å²) >= 11 is 1.67. The van der Waals surface area contributed by atoms with Crippen molar-refractivity contribution < 1.29 is 0 Å². The molecule has 0 spiro atoms. The highest BCUT2D eigenvalue weighted by atomic mass is 32.2. The monoisotopic (exact) mass is 252 g/mol. The molecule has 1 N–H and O–H groups in total. The third-order valence-corrected chi connectivity index (χ3v) is 4.01. The molecule has 0 fully saturated rings. The minimum absolute atomic E-state index is 0.0850. The van der Waals surface area contributed by atoms with Gasteiger partial charge in [0.15, 0.2) is 5.16 Å². The number of hydrogen-bond donors (Lipinski definition) is 1. The molecule has 2 rings (SSSR count). The maximum Gasteiger partial charge on any atom is 0.254 e. The molecule has 3 nitrogen and oxygen atoms in total. The van der Waals surface area contributed by atoms with Gasteiger partial charge in [-0.3, -0.25) is 4.79 Å². The minimum atomic E-state index is 0.0850. The van der Waals surface area contributed by atoms with Crippen molar-refractivity contribution in [3.63, 3.8) is 0 Å². The fraction of sp³-hybridized carbons (Fsp3) is 0.692. The van der Waals surface area contributed by atoms with E-state index in [-0.39, 0.29) is 5.56 Å². The summed E-state index contributed by atoms with van der Waals surface area (Å²) in [5.74, 6) is 1.73. The Labute approximate surface area is 106 Å². The van der Waals surface area contributed by atoms with Gasteiger partial charge >= 0.3 is 0 Å². The van der Waals surface area contributed by atoms with E-state index in [2.05, 4.69) is 23.8 Å². The lowest BCUT2D eigenvalue weighted by atomic mass is 9.97. The van der Waals surface area contributed by atoms with Crippen LogP contribution in [0.2, 0.25) is 0 Å². The van der Waals surface area contributed by atoms with Crippen LogP contribution in [0.1, 0.15) is 44.4 Å². The molecular weight excluding hydrogens is 232 g/mol. The molecule has 0 saturated heterocycles. The molecule has 1 aromatic heterocycles. The van der Waals surface area contributed by atoms with Crippen molar-refractivity contribution in [2.75, 3.05) is 5.75 Å². The van der Waals surface area contributed by atoms with E-state index >= 15 is 0 Å². The Morgan fingerprint density at radius 1 is 1.35 bits per heavy atom. The number of aryl methyl sites for hydroxylation is 1. The molecule has 0 unspecified atom stereocenters. The van der Waals surface area contributed by atoms with E-state index in [0.717, 1.165) is 47.8 Å². The van der Waals surface area contributed by atoms with E-state index in [0.29, 0.717) is 5.92 Å². The van der Waals surface area contributed by atoms with Crippen LogP contribution in [0.4, 0.5) is 0 Å². The maximum atomic E-state index is 11.9. The third-order valence-electron chi connectivity index (χ3n) is 3.10. The third kappa shape index (κ3) is 3.35. The SMILES string of the molecule is CC(C)CCSc1nc2c(c(=O)[nH]1)CCCC2. The number of rotatable bonds is 4. The van der Waals surface area contributed by atoms with Gasteiger partial charge < -0.3 is 4.98 Å². The summed E-state index contributed by atoms with van der Waals surface area (Å²) in [6, 6.07) is 0. The first-order valence-electron chi connectivity index (χ1n) is 6.41. The Morgan fingerprint density at radius 3 is 2.88 bits per heavy atom. The van der Waals surface area contributed by atoms with E-state index in [9.17, 15) is 4.79 Å². The van der Waals surface area contributed by atoms with Gasteiger partial charge in [0, 0.05) is 11.3 Å². The van der Waals surface area contributed by atoms with Crippen LogP contribution in [-0.4, -0.2) is 15.7 Å². The van der Waals surface area contributed by atoms with Gasteiger partial charge in [-0.1, -0.05) is 25.6 Å². The van der Waals surface area contributed by atoms with Gasteiger partial charge in [0.1, 0.15) is 0 Å². The van der Waals surface area contributed by atoms with Crippen LogP contribution in [0.3, 0.4) is 0 Å². The second-order valence-corrected chi connectivity index (χ2v) is 6.12. The molecule has 94 valence electrons. The van der Waals surface area contributed by atoms with Crippen molar-refractivity contribution in [1.29, 1.82) is 0 Å². The zero-order valence-electron chi connectivity index (χ0n) is 10.6. The summed E-state index contributed by atoms with van der Waals surface area (Å²) in [4.78, 5) is 19.4. The van der Waals surface area contributed by atoms with Crippen molar-refractivity contribution in [3.8, 4) is 0 Å². The van der Waals surface area contributed by atoms with Gasteiger partial charge in [0.2, 0.25) is 0 Å². The van der Waals surface area contributed by atoms with E-state index in [4.69, 9.17) is 0 Å². The lowest BCUT2D eigenvalue weighted by molar-refractivity contribution is 0.628. The molecular formula is C13H20N2OS. The molecule has 1 aliphatic rings. The van der Waals surface area contributed by atoms with E-state index in [1.54, 1.807) is 11.8 Å². The first-order valence-corrected chi connectivity index (χ1v) is 7.40. The van der Waals surface area contributed by atoms with Crippen LogP contribution < -0.4 is 5.56 Å². The summed E-state index contributed by atoms with van der Waals surface area (Å²) in [6.07, 6.45) is 5.31. The number of nitrogens with zero attached hydrogens (tertiary/aromatic N) is 1. The lowest BCUT2D eigenvalue weighted by Crippen LogP contribution is -2.21. The lowest BCUT2D eigenvalue weighted by Gasteiger charge is -2.14. The van der Waals surface area contributed by atoms with Crippen LogP contribution in [0.5, 0.6) is 0 Å². The van der Waals surface area contributed by atoms with Crippen LogP contribution >= 0.6 is 11.8 Å². The molecule has 0 saturated carbocycles. The molecule has 0 aliphatic heterocycles. The summed E-state index contributed by atoms with van der Waals surface area (Å²) in [5, 5.41) is 0.802. The summed E-state index contributed by atoms with van der Waals surface area (Å²) in [7, 11) is 0. The van der Waals surface area contributed by atoms with Crippen LogP contribution in [0.15, 0.2) is 9.95 Å². The number of H-pyrrole nitrogens is 1. The fourth-order valence-corrected chi connectivity index (χ4v) is 3.16. The molecule has 0 aromatic carbocycles. The van der Waals surface area contributed by atoms with Crippen molar-refractivity contribution in [3.05, 3.63) is 21.6 Å². The zero-order valence-corrected chi connectivity index (χ0v) is 11.4. The highest BCUT2D eigenvalue weighted by Crippen LogP contribution is 2.20. The topological polar surface area (TPSA) is 45.8 Å². The molecule has 1 heterocycles. The number of hydrogen-bond acceptors (Lipinski definition) is 3. The molecule has 1 aromatic rings. The van der Waals surface area contributed by atoms with Gasteiger partial charge in [0.05, 0.1) is 5.69 Å². The average molecular weight is 252 g/mol. The van der Waals surface area contributed by atoms with Crippen molar-refractivity contribution in [2.24, 2.45) is 5.92 Å².